The number of halogens is 4. The van der Waals surface area contributed by atoms with E-state index in [1.165, 1.54) is 6.07 Å². The van der Waals surface area contributed by atoms with E-state index in [1.807, 2.05) is 18.2 Å². The number of rotatable bonds is 0. The van der Waals surface area contributed by atoms with Crippen LogP contribution in [0.2, 0.25) is 0 Å². The van der Waals surface area contributed by atoms with Crippen LogP contribution in [0.25, 0.3) is 21.9 Å². The van der Waals surface area contributed by atoms with Gasteiger partial charge in [-0.25, -0.2) is 0 Å². The maximum Gasteiger partial charge on any atom is 0.416 e. The number of benzene rings is 3. The second-order valence-corrected chi connectivity index (χ2v) is 7.72. The highest BCUT2D eigenvalue weighted by molar-refractivity contribution is 9.10. The summed E-state index contributed by atoms with van der Waals surface area (Å²) in [6.45, 7) is 4.11. The maximum atomic E-state index is 13.0. The number of fused-ring (bicyclic) bond motifs is 5. The third-order valence-electron chi connectivity index (χ3n) is 5.02. The zero-order chi connectivity index (χ0) is 18.1. The van der Waals surface area contributed by atoms with Crippen molar-refractivity contribution < 1.29 is 18.3 Å². The Morgan fingerprint density at radius 3 is 2.40 bits per heavy atom. The lowest BCUT2D eigenvalue weighted by Crippen LogP contribution is -2.15. The van der Waals surface area contributed by atoms with Crippen LogP contribution in [0.15, 0.2) is 46.9 Å². The molecule has 0 saturated heterocycles. The van der Waals surface area contributed by atoms with Crippen LogP contribution in [0, 0.1) is 0 Å². The summed E-state index contributed by atoms with van der Waals surface area (Å²) in [5.74, 6) is -0.128. The fourth-order valence-electron chi connectivity index (χ4n) is 3.87. The predicted octanol–water partition coefficient (Wildman–Crippen LogP) is 6.63. The normalized spacial score (nSPS) is 15.3. The smallest absolute Gasteiger partial charge is 0.416 e. The van der Waals surface area contributed by atoms with E-state index in [4.69, 9.17) is 0 Å². The first-order chi connectivity index (χ1) is 11.6. The highest BCUT2D eigenvalue weighted by atomic mass is 79.9. The van der Waals surface area contributed by atoms with Crippen LogP contribution >= 0.6 is 15.9 Å². The van der Waals surface area contributed by atoms with E-state index in [2.05, 4.69) is 29.8 Å². The highest BCUT2D eigenvalue weighted by Crippen LogP contribution is 2.55. The first-order valence-electron chi connectivity index (χ1n) is 7.79. The van der Waals surface area contributed by atoms with Gasteiger partial charge in [0.05, 0.1) is 5.56 Å². The lowest BCUT2D eigenvalue weighted by atomic mass is 9.82. The lowest BCUT2D eigenvalue weighted by Gasteiger charge is -2.23. The molecule has 3 aromatic carbocycles. The number of phenols is 1. The van der Waals surface area contributed by atoms with Crippen LogP contribution in [-0.2, 0) is 11.6 Å². The van der Waals surface area contributed by atoms with Gasteiger partial charge in [-0.15, -0.1) is 0 Å². The number of hydrogen-bond acceptors (Lipinski definition) is 1. The zero-order valence-electron chi connectivity index (χ0n) is 13.5. The molecule has 0 amide bonds. The third kappa shape index (κ3) is 2.21. The van der Waals surface area contributed by atoms with E-state index in [0.29, 0.717) is 5.39 Å². The molecular weight excluding hydrogens is 393 g/mol. The molecule has 0 unspecified atom stereocenters. The molecule has 0 radical (unpaired) electrons. The second kappa shape index (κ2) is 5.01. The van der Waals surface area contributed by atoms with Crippen LogP contribution in [0.4, 0.5) is 13.2 Å². The molecule has 1 nitrogen and oxygen atoms in total. The van der Waals surface area contributed by atoms with Gasteiger partial charge in [0.1, 0.15) is 5.75 Å². The molecule has 128 valence electrons. The molecular formula is C20H14BrF3O. The monoisotopic (exact) mass is 406 g/mol. The van der Waals surface area contributed by atoms with E-state index in [1.54, 1.807) is 6.07 Å². The summed E-state index contributed by atoms with van der Waals surface area (Å²) in [6.07, 6.45) is -4.44. The first kappa shape index (κ1) is 16.5. The van der Waals surface area contributed by atoms with Gasteiger partial charge in [0.25, 0.3) is 0 Å². The minimum absolute atomic E-state index is 0.128. The highest BCUT2D eigenvalue weighted by Gasteiger charge is 2.39. The molecule has 3 aromatic rings. The molecule has 0 bridgehead atoms. The first-order valence-corrected chi connectivity index (χ1v) is 8.58. The lowest BCUT2D eigenvalue weighted by molar-refractivity contribution is -0.137. The second-order valence-electron chi connectivity index (χ2n) is 6.86. The molecule has 0 saturated carbocycles. The molecule has 0 atom stereocenters. The van der Waals surface area contributed by atoms with Gasteiger partial charge in [-0.2, -0.15) is 13.2 Å². The number of hydrogen-bond donors (Lipinski definition) is 1. The molecule has 0 spiro atoms. The molecule has 1 aliphatic carbocycles. The van der Waals surface area contributed by atoms with Crippen LogP contribution < -0.4 is 0 Å². The average molecular weight is 407 g/mol. The predicted molar refractivity (Wildman–Crippen MR) is 95.9 cm³/mol. The van der Waals surface area contributed by atoms with E-state index in [-0.39, 0.29) is 16.6 Å². The largest absolute Gasteiger partial charge is 0.507 e. The van der Waals surface area contributed by atoms with Gasteiger partial charge in [0, 0.05) is 15.3 Å². The number of phenolic OH excluding ortho intramolecular Hbond substituents is 1. The standard InChI is InChI=1S/C20H14BrF3O/c1-19(2)14-9-16(25)13-8-10(20(22,23)24)6-7-11(13)17(14)12-4-3-5-15(21)18(12)19/h3-9,25H,1-2H3. The van der Waals surface area contributed by atoms with E-state index >= 15 is 0 Å². The minimum Gasteiger partial charge on any atom is -0.507 e. The van der Waals surface area contributed by atoms with Crippen LogP contribution in [0.3, 0.4) is 0 Å². The van der Waals surface area contributed by atoms with Gasteiger partial charge in [-0.1, -0.05) is 48.0 Å². The minimum atomic E-state index is -4.44. The number of aromatic hydroxyl groups is 1. The fourth-order valence-corrected chi connectivity index (χ4v) is 4.73. The van der Waals surface area contributed by atoms with Gasteiger partial charge in [-0.05, 0) is 51.9 Å². The molecule has 0 fully saturated rings. The van der Waals surface area contributed by atoms with E-state index < -0.39 is 11.7 Å². The van der Waals surface area contributed by atoms with Crippen LogP contribution in [0.1, 0.15) is 30.5 Å². The van der Waals surface area contributed by atoms with Crippen molar-refractivity contribution in [3.05, 3.63) is 63.6 Å². The Balaban J connectivity index is 2.14. The number of alkyl halides is 3. The fraction of sp³-hybridized carbons (Fsp3) is 0.200. The van der Waals surface area contributed by atoms with E-state index in [0.717, 1.165) is 38.9 Å². The summed E-state index contributed by atoms with van der Waals surface area (Å²) in [5, 5.41) is 11.3. The summed E-state index contributed by atoms with van der Waals surface area (Å²) in [7, 11) is 0. The molecule has 0 heterocycles. The Morgan fingerprint density at radius 1 is 1.00 bits per heavy atom. The zero-order valence-corrected chi connectivity index (χ0v) is 15.1. The Bertz CT molecular complexity index is 1040. The Kier molecular flexibility index (Phi) is 3.30. The SMILES string of the molecule is CC1(C)c2cc(O)c3cc(C(F)(F)F)ccc3c2-c2cccc(Br)c21. The Hall–Kier alpha value is -2.01. The van der Waals surface area contributed by atoms with Gasteiger partial charge in [0.15, 0.2) is 0 Å². The van der Waals surface area contributed by atoms with Gasteiger partial charge in [0.2, 0.25) is 0 Å². The summed E-state index contributed by atoms with van der Waals surface area (Å²) in [6, 6.07) is 11.0. The van der Waals surface area contributed by atoms with Crippen LogP contribution in [-0.4, -0.2) is 5.11 Å². The van der Waals surface area contributed by atoms with Crippen molar-refractivity contribution in [2.75, 3.05) is 0 Å². The Labute approximate surface area is 151 Å². The van der Waals surface area contributed by atoms with Crippen molar-refractivity contribution in [3.8, 4) is 16.9 Å². The van der Waals surface area contributed by atoms with Crippen molar-refractivity contribution in [2.24, 2.45) is 0 Å². The molecule has 1 aliphatic rings. The van der Waals surface area contributed by atoms with Crippen molar-refractivity contribution >= 4 is 26.7 Å². The molecule has 5 heteroatoms. The molecule has 0 aromatic heterocycles. The summed E-state index contributed by atoms with van der Waals surface area (Å²) in [4.78, 5) is 0. The molecule has 1 N–H and O–H groups in total. The van der Waals surface area contributed by atoms with Crippen LogP contribution in [0.5, 0.6) is 5.75 Å². The van der Waals surface area contributed by atoms with Gasteiger partial charge >= 0.3 is 6.18 Å². The van der Waals surface area contributed by atoms with Gasteiger partial charge < -0.3 is 5.11 Å². The van der Waals surface area contributed by atoms with Crippen molar-refractivity contribution in [3.63, 3.8) is 0 Å². The summed E-state index contributed by atoms with van der Waals surface area (Å²) < 4.78 is 40.1. The molecule has 25 heavy (non-hydrogen) atoms. The van der Waals surface area contributed by atoms with Crippen molar-refractivity contribution in [2.45, 2.75) is 25.4 Å². The topological polar surface area (TPSA) is 20.2 Å². The van der Waals surface area contributed by atoms with Gasteiger partial charge in [-0.3, -0.25) is 0 Å². The summed E-state index contributed by atoms with van der Waals surface area (Å²) in [5.41, 5.74) is 2.75. The maximum absolute atomic E-state index is 13.0. The van der Waals surface area contributed by atoms with Crippen molar-refractivity contribution in [1.29, 1.82) is 0 Å². The summed E-state index contributed by atoms with van der Waals surface area (Å²) >= 11 is 3.59. The molecule has 4 rings (SSSR count). The third-order valence-corrected chi connectivity index (χ3v) is 5.68. The molecule has 0 aliphatic heterocycles. The Morgan fingerprint density at radius 2 is 1.72 bits per heavy atom. The van der Waals surface area contributed by atoms with Crippen molar-refractivity contribution in [1.82, 2.24) is 0 Å². The average Bonchev–Trinajstić information content (AvgIpc) is 2.75. The van der Waals surface area contributed by atoms with E-state index in [9.17, 15) is 18.3 Å². The quantitative estimate of drug-likeness (QED) is 0.443.